The van der Waals surface area contributed by atoms with Gasteiger partial charge in [0.2, 0.25) is 0 Å². The second-order valence-corrected chi connectivity index (χ2v) is 3.88. The second-order valence-electron chi connectivity index (χ2n) is 2.72. The monoisotopic (exact) mass is 276 g/mol. The molecule has 12 heavy (non-hydrogen) atoms. The zero-order chi connectivity index (χ0) is 8.97. The fourth-order valence-corrected chi connectivity index (χ4v) is 1.95. The van der Waals surface area contributed by atoms with Crippen LogP contribution < -0.4 is 4.74 Å². The van der Waals surface area contributed by atoms with E-state index < -0.39 is 0 Å². The highest BCUT2D eigenvalue weighted by atomic mass is 127. The van der Waals surface area contributed by atoms with Gasteiger partial charge in [0.1, 0.15) is 5.75 Å². The molecule has 0 aliphatic carbocycles. The number of aryl methyl sites for hydroxylation is 1. The maximum absolute atomic E-state index is 5.17. The Bertz CT molecular complexity index is 258. The van der Waals surface area contributed by atoms with Gasteiger partial charge in [-0.25, -0.2) is 0 Å². The summed E-state index contributed by atoms with van der Waals surface area (Å²) in [4.78, 5) is 0. The molecular formula is C10H13IO. The van der Waals surface area contributed by atoms with Gasteiger partial charge >= 0.3 is 0 Å². The summed E-state index contributed by atoms with van der Waals surface area (Å²) in [7, 11) is 1.71. The number of hydrogen-bond acceptors (Lipinski definition) is 1. The first-order valence-corrected chi connectivity index (χ1v) is 5.18. The average Bonchev–Trinajstić information content (AvgIpc) is 2.05. The van der Waals surface area contributed by atoms with Crippen LogP contribution in [0.1, 0.15) is 18.9 Å². The van der Waals surface area contributed by atoms with Crippen molar-refractivity contribution in [3.05, 3.63) is 27.3 Å². The van der Waals surface area contributed by atoms with E-state index in [1.54, 1.807) is 7.11 Å². The Balaban J connectivity index is 2.86. The molecule has 1 aromatic carbocycles. The highest BCUT2D eigenvalue weighted by molar-refractivity contribution is 14.1. The van der Waals surface area contributed by atoms with Gasteiger partial charge in [-0.15, -0.1) is 0 Å². The SMILES string of the molecule is CCCc1ccc(OC)c(I)c1. The van der Waals surface area contributed by atoms with Gasteiger partial charge in [0, 0.05) is 0 Å². The van der Waals surface area contributed by atoms with Crippen LogP contribution in [0, 0.1) is 3.57 Å². The van der Waals surface area contributed by atoms with E-state index in [0.717, 1.165) is 12.2 Å². The van der Waals surface area contributed by atoms with Crippen molar-refractivity contribution in [2.45, 2.75) is 19.8 Å². The molecule has 0 unspecified atom stereocenters. The molecule has 0 bridgehead atoms. The third-order valence-electron chi connectivity index (χ3n) is 1.75. The summed E-state index contributed by atoms with van der Waals surface area (Å²) < 4.78 is 6.37. The maximum Gasteiger partial charge on any atom is 0.132 e. The molecular weight excluding hydrogens is 263 g/mol. The minimum atomic E-state index is 0.968. The molecule has 1 nitrogen and oxygen atoms in total. The number of rotatable bonds is 3. The van der Waals surface area contributed by atoms with E-state index in [1.165, 1.54) is 15.6 Å². The summed E-state index contributed by atoms with van der Waals surface area (Å²) in [6, 6.07) is 6.35. The number of hydrogen-bond donors (Lipinski definition) is 0. The fraction of sp³-hybridized carbons (Fsp3) is 0.400. The Morgan fingerprint density at radius 2 is 2.17 bits per heavy atom. The van der Waals surface area contributed by atoms with Crippen LogP contribution in [0.15, 0.2) is 18.2 Å². The van der Waals surface area contributed by atoms with Gasteiger partial charge < -0.3 is 4.74 Å². The Hall–Kier alpha value is -0.250. The first-order chi connectivity index (χ1) is 5.77. The van der Waals surface area contributed by atoms with E-state index in [1.807, 2.05) is 6.07 Å². The minimum absolute atomic E-state index is 0.968. The molecule has 0 aliphatic rings. The molecule has 0 fully saturated rings. The van der Waals surface area contributed by atoms with E-state index in [2.05, 4.69) is 41.6 Å². The summed E-state index contributed by atoms with van der Waals surface area (Å²) in [6.07, 6.45) is 2.35. The normalized spacial score (nSPS) is 9.92. The number of ether oxygens (including phenoxy) is 1. The van der Waals surface area contributed by atoms with Crippen LogP contribution in [0.25, 0.3) is 0 Å². The van der Waals surface area contributed by atoms with E-state index in [0.29, 0.717) is 0 Å². The topological polar surface area (TPSA) is 9.23 Å². The quantitative estimate of drug-likeness (QED) is 0.770. The maximum atomic E-state index is 5.17. The Kier molecular flexibility index (Phi) is 3.85. The molecule has 0 aliphatic heterocycles. The summed E-state index contributed by atoms with van der Waals surface area (Å²) in [5, 5.41) is 0. The average molecular weight is 276 g/mol. The van der Waals surface area contributed by atoms with Crippen molar-refractivity contribution in [1.29, 1.82) is 0 Å². The highest BCUT2D eigenvalue weighted by Crippen LogP contribution is 2.21. The van der Waals surface area contributed by atoms with Crippen molar-refractivity contribution in [3.8, 4) is 5.75 Å². The second kappa shape index (κ2) is 4.70. The van der Waals surface area contributed by atoms with Crippen LogP contribution in [-0.2, 0) is 6.42 Å². The van der Waals surface area contributed by atoms with Crippen molar-refractivity contribution in [2.75, 3.05) is 7.11 Å². The van der Waals surface area contributed by atoms with Gasteiger partial charge in [-0.3, -0.25) is 0 Å². The van der Waals surface area contributed by atoms with Gasteiger partial charge in [-0.2, -0.15) is 0 Å². The predicted molar refractivity (Wildman–Crippen MR) is 59.7 cm³/mol. The third-order valence-corrected chi connectivity index (χ3v) is 2.60. The van der Waals surface area contributed by atoms with Crippen molar-refractivity contribution in [1.82, 2.24) is 0 Å². The largest absolute Gasteiger partial charge is 0.496 e. The van der Waals surface area contributed by atoms with Gasteiger partial charge in [-0.05, 0) is 46.7 Å². The number of benzene rings is 1. The smallest absolute Gasteiger partial charge is 0.132 e. The van der Waals surface area contributed by atoms with Crippen molar-refractivity contribution in [2.24, 2.45) is 0 Å². The van der Waals surface area contributed by atoms with E-state index >= 15 is 0 Å². The van der Waals surface area contributed by atoms with E-state index in [-0.39, 0.29) is 0 Å². The number of halogens is 1. The van der Waals surface area contributed by atoms with Crippen LogP contribution in [0.5, 0.6) is 5.75 Å². The Labute approximate surface area is 87.3 Å². The molecule has 0 atom stereocenters. The summed E-state index contributed by atoms with van der Waals surface area (Å²) >= 11 is 2.30. The minimum Gasteiger partial charge on any atom is -0.496 e. The molecule has 0 radical (unpaired) electrons. The van der Waals surface area contributed by atoms with Gasteiger partial charge in [0.15, 0.2) is 0 Å². The molecule has 0 N–H and O–H groups in total. The lowest BCUT2D eigenvalue weighted by molar-refractivity contribution is 0.411. The van der Waals surface area contributed by atoms with Crippen LogP contribution in [0.4, 0.5) is 0 Å². The molecule has 0 heterocycles. The third kappa shape index (κ3) is 2.37. The zero-order valence-corrected chi connectivity index (χ0v) is 9.59. The molecule has 0 amide bonds. The molecule has 0 saturated heterocycles. The summed E-state index contributed by atoms with van der Waals surface area (Å²) in [6.45, 7) is 2.19. The van der Waals surface area contributed by atoms with Crippen molar-refractivity contribution < 1.29 is 4.74 Å². The lowest BCUT2D eigenvalue weighted by Crippen LogP contribution is -1.89. The molecule has 2 heteroatoms. The lowest BCUT2D eigenvalue weighted by atomic mass is 10.1. The van der Waals surface area contributed by atoms with Crippen LogP contribution in [0.3, 0.4) is 0 Å². The summed E-state index contributed by atoms with van der Waals surface area (Å²) in [5.41, 5.74) is 1.39. The van der Waals surface area contributed by atoms with Gasteiger partial charge in [-0.1, -0.05) is 19.4 Å². The van der Waals surface area contributed by atoms with Gasteiger partial charge in [0.05, 0.1) is 10.7 Å². The first-order valence-electron chi connectivity index (χ1n) is 4.10. The lowest BCUT2D eigenvalue weighted by Gasteiger charge is -2.04. The molecule has 0 saturated carbocycles. The van der Waals surface area contributed by atoms with Crippen molar-refractivity contribution >= 4 is 22.6 Å². The molecule has 0 spiro atoms. The predicted octanol–water partition coefficient (Wildman–Crippen LogP) is 3.25. The molecule has 1 rings (SSSR count). The zero-order valence-electron chi connectivity index (χ0n) is 7.43. The number of methoxy groups -OCH3 is 1. The van der Waals surface area contributed by atoms with Crippen LogP contribution >= 0.6 is 22.6 Å². The molecule has 0 aromatic heterocycles. The standard InChI is InChI=1S/C10H13IO/c1-3-4-8-5-6-10(12-2)9(11)7-8/h5-7H,3-4H2,1-2H3. The molecule has 66 valence electrons. The Morgan fingerprint density at radius 1 is 1.42 bits per heavy atom. The fourth-order valence-electron chi connectivity index (χ4n) is 1.15. The highest BCUT2D eigenvalue weighted by Gasteiger charge is 1.99. The molecule has 1 aromatic rings. The summed E-state index contributed by atoms with van der Waals surface area (Å²) in [5.74, 6) is 0.968. The Morgan fingerprint density at radius 3 is 2.67 bits per heavy atom. The van der Waals surface area contributed by atoms with Crippen LogP contribution in [-0.4, -0.2) is 7.11 Å². The van der Waals surface area contributed by atoms with Crippen LogP contribution in [0.2, 0.25) is 0 Å². The van der Waals surface area contributed by atoms with E-state index in [9.17, 15) is 0 Å². The van der Waals surface area contributed by atoms with Crippen molar-refractivity contribution in [3.63, 3.8) is 0 Å². The first kappa shape index (κ1) is 9.84. The van der Waals surface area contributed by atoms with Gasteiger partial charge in [0.25, 0.3) is 0 Å². The van der Waals surface area contributed by atoms with E-state index in [4.69, 9.17) is 4.74 Å².